The zero-order valence-electron chi connectivity index (χ0n) is 20.2. The summed E-state index contributed by atoms with van der Waals surface area (Å²) in [4.78, 5) is 34.4. The maximum absolute atomic E-state index is 13.8. The first-order valence-electron chi connectivity index (χ1n) is 11.7. The summed E-state index contributed by atoms with van der Waals surface area (Å²) in [7, 11) is 0. The van der Waals surface area contributed by atoms with Gasteiger partial charge in [-0.1, -0.05) is 53.3 Å². The Kier molecular flexibility index (Phi) is 7.57. The number of para-hydroxylation sites is 1. The summed E-state index contributed by atoms with van der Waals surface area (Å²) in [5, 5.41) is 0.589. The lowest BCUT2D eigenvalue weighted by Crippen LogP contribution is -2.43. The number of hydrogen-bond donors (Lipinski definition) is 0. The monoisotopic (exact) mass is 509 g/mol. The predicted octanol–water partition coefficient (Wildman–Crippen LogP) is 4.16. The number of rotatable bonds is 7. The van der Waals surface area contributed by atoms with Gasteiger partial charge in [0.15, 0.2) is 4.80 Å². The molecule has 1 unspecified atom stereocenters. The summed E-state index contributed by atoms with van der Waals surface area (Å²) in [5.41, 5.74) is 2.55. The Bertz CT molecular complexity index is 1450. The van der Waals surface area contributed by atoms with Crippen LogP contribution in [-0.4, -0.2) is 35.1 Å². The second-order valence-corrected chi connectivity index (χ2v) is 9.53. The zero-order chi connectivity index (χ0) is 25.1. The molecule has 0 radical (unpaired) electrons. The van der Waals surface area contributed by atoms with Gasteiger partial charge >= 0.3 is 0 Å². The summed E-state index contributed by atoms with van der Waals surface area (Å²) >= 11 is 7.46. The molecule has 1 aliphatic heterocycles. The first-order valence-corrected chi connectivity index (χ1v) is 12.9. The molecule has 3 aromatic rings. The van der Waals surface area contributed by atoms with Gasteiger partial charge in [-0.3, -0.25) is 14.2 Å². The highest BCUT2D eigenvalue weighted by atomic mass is 35.5. The van der Waals surface area contributed by atoms with Crippen molar-refractivity contribution < 1.29 is 9.53 Å². The number of thiazole rings is 1. The number of aromatic nitrogens is 1. The third kappa shape index (κ3) is 4.83. The molecule has 8 heteroatoms. The van der Waals surface area contributed by atoms with Gasteiger partial charge in [0.2, 0.25) is 0 Å². The molecule has 2 heterocycles. The van der Waals surface area contributed by atoms with E-state index < -0.39 is 6.04 Å². The van der Waals surface area contributed by atoms with Crippen LogP contribution in [-0.2, 0) is 4.79 Å². The van der Waals surface area contributed by atoms with Crippen LogP contribution in [0.1, 0.15) is 44.9 Å². The summed E-state index contributed by atoms with van der Waals surface area (Å²) in [5.74, 6) is 0.593. The van der Waals surface area contributed by atoms with E-state index in [9.17, 15) is 9.59 Å². The SMILES string of the molecule is CCOc1ccccc1/C=c1/sc2n(c1=O)C(c1ccc(Cl)cc1)C(C(=O)N(CC)CC)=C(C)N=2. The van der Waals surface area contributed by atoms with E-state index in [2.05, 4.69) is 0 Å². The van der Waals surface area contributed by atoms with Gasteiger partial charge in [0.25, 0.3) is 11.5 Å². The van der Waals surface area contributed by atoms with E-state index in [1.807, 2.05) is 70.2 Å². The molecule has 1 amide bonds. The van der Waals surface area contributed by atoms with E-state index in [0.29, 0.717) is 51.1 Å². The molecular formula is C27H28ClN3O3S. The third-order valence-electron chi connectivity index (χ3n) is 5.99. The number of carbonyl (C=O) groups is 1. The van der Waals surface area contributed by atoms with Crippen LogP contribution < -0.4 is 19.6 Å². The highest BCUT2D eigenvalue weighted by molar-refractivity contribution is 7.07. The molecule has 1 atom stereocenters. The number of likely N-dealkylation sites (N-methyl/N-ethyl adjacent to an activating group) is 1. The van der Waals surface area contributed by atoms with Crippen molar-refractivity contribution in [3.63, 3.8) is 0 Å². The normalized spacial score (nSPS) is 15.6. The standard InChI is InChI=1S/C27H28ClN3O3S/c1-5-30(6-2)26(33)23-17(4)29-27-31(24(23)18-12-14-20(28)15-13-18)25(32)22(35-27)16-19-10-8-9-11-21(19)34-7-3/h8-16,24H,5-7H2,1-4H3/b22-16+. The maximum atomic E-state index is 13.8. The van der Waals surface area contributed by atoms with E-state index in [1.54, 1.807) is 21.6 Å². The lowest BCUT2D eigenvalue weighted by atomic mass is 9.94. The molecule has 0 saturated heterocycles. The largest absolute Gasteiger partial charge is 0.493 e. The Morgan fingerprint density at radius 2 is 1.83 bits per heavy atom. The lowest BCUT2D eigenvalue weighted by molar-refractivity contribution is -0.127. The van der Waals surface area contributed by atoms with Gasteiger partial charge in [0.1, 0.15) is 5.75 Å². The summed E-state index contributed by atoms with van der Waals surface area (Å²) in [6.45, 7) is 9.31. The van der Waals surface area contributed by atoms with Crippen molar-refractivity contribution in [2.45, 2.75) is 33.7 Å². The number of ether oxygens (including phenoxy) is 1. The number of carbonyl (C=O) groups excluding carboxylic acids is 1. The fraction of sp³-hybridized carbons (Fsp3) is 0.296. The average molecular weight is 510 g/mol. The Hall–Kier alpha value is -3.16. The van der Waals surface area contributed by atoms with E-state index >= 15 is 0 Å². The Morgan fingerprint density at radius 1 is 1.14 bits per heavy atom. The van der Waals surface area contributed by atoms with E-state index in [1.165, 1.54) is 11.3 Å². The summed E-state index contributed by atoms with van der Waals surface area (Å²) in [6.07, 6.45) is 1.83. The molecular weight excluding hydrogens is 482 g/mol. The van der Waals surface area contributed by atoms with Crippen molar-refractivity contribution >= 4 is 34.9 Å². The van der Waals surface area contributed by atoms with Crippen molar-refractivity contribution in [2.24, 2.45) is 4.99 Å². The fourth-order valence-corrected chi connectivity index (χ4v) is 5.43. The van der Waals surface area contributed by atoms with Crippen LogP contribution >= 0.6 is 22.9 Å². The fourth-order valence-electron chi connectivity index (χ4n) is 4.26. The molecule has 0 spiro atoms. The van der Waals surface area contributed by atoms with Crippen LogP contribution in [0.15, 0.2) is 69.6 Å². The first-order chi connectivity index (χ1) is 16.9. The quantitative estimate of drug-likeness (QED) is 0.480. The van der Waals surface area contributed by atoms with Crippen LogP contribution in [0.2, 0.25) is 5.02 Å². The maximum Gasteiger partial charge on any atom is 0.271 e. The topological polar surface area (TPSA) is 63.9 Å². The van der Waals surface area contributed by atoms with Gasteiger partial charge in [-0.15, -0.1) is 0 Å². The lowest BCUT2D eigenvalue weighted by Gasteiger charge is -2.29. The highest BCUT2D eigenvalue weighted by Gasteiger charge is 2.34. The first kappa shape index (κ1) is 24.9. The molecule has 35 heavy (non-hydrogen) atoms. The number of allylic oxidation sites excluding steroid dienone is 1. The molecule has 2 aromatic carbocycles. The minimum atomic E-state index is -0.596. The third-order valence-corrected chi connectivity index (χ3v) is 7.23. The molecule has 0 N–H and O–H groups in total. The number of halogens is 1. The number of nitrogens with zero attached hydrogens (tertiary/aromatic N) is 3. The van der Waals surface area contributed by atoms with Crippen LogP contribution in [0, 0.1) is 0 Å². The molecule has 4 rings (SSSR count). The van der Waals surface area contributed by atoms with Gasteiger partial charge in [-0.05, 0) is 57.5 Å². The number of benzene rings is 2. The molecule has 0 bridgehead atoms. The number of amides is 1. The summed E-state index contributed by atoms with van der Waals surface area (Å²) in [6, 6.07) is 14.3. The van der Waals surface area contributed by atoms with Crippen LogP contribution in [0.5, 0.6) is 5.75 Å². The zero-order valence-corrected chi connectivity index (χ0v) is 21.8. The van der Waals surface area contributed by atoms with Gasteiger partial charge < -0.3 is 9.64 Å². The molecule has 182 valence electrons. The van der Waals surface area contributed by atoms with E-state index in [0.717, 1.165) is 11.1 Å². The van der Waals surface area contributed by atoms with Crippen molar-refractivity contribution in [1.29, 1.82) is 0 Å². The summed E-state index contributed by atoms with van der Waals surface area (Å²) < 4.78 is 7.90. The van der Waals surface area contributed by atoms with E-state index in [4.69, 9.17) is 21.3 Å². The van der Waals surface area contributed by atoms with Crippen molar-refractivity contribution in [3.8, 4) is 5.75 Å². The van der Waals surface area contributed by atoms with Gasteiger partial charge in [0, 0.05) is 23.7 Å². The second-order valence-electron chi connectivity index (χ2n) is 8.08. The minimum Gasteiger partial charge on any atom is -0.493 e. The molecule has 0 aliphatic carbocycles. The van der Waals surface area contributed by atoms with Crippen LogP contribution in [0.4, 0.5) is 0 Å². The minimum absolute atomic E-state index is 0.118. The molecule has 1 aromatic heterocycles. The average Bonchev–Trinajstić information content (AvgIpc) is 3.15. The predicted molar refractivity (Wildman–Crippen MR) is 141 cm³/mol. The van der Waals surface area contributed by atoms with Gasteiger partial charge in [0.05, 0.1) is 28.5 Å². The van der Waals surface area contributed by atoms with Gasteiger partial charge in [-0.25, -0.2) is 4.99 Å². The van der Waals surface area contributed by atoms with Gasteiger partial charge in [-0.2, -0.15) is 0 Å². The van der Waals surface area contributed by atoms with Crippen molar-refractivity contribution in [2.75, 3.05) is 19.7 Å². The van der Waals surface area contributed by atoms with Crippen LogP contribution in [0.3, 0.4) is 0 Å². The van der Waals surface area contributed by atoms with Crippen molar-refractivity contribution in [3.05, 3.63) is 95.6 Å². The van der Waals surface area contributed by atoms with Crippen molar-refractivity contribution in [1.82, 2.24) is 9.47 Å². The molecule has 0 fully saturated rings. The second kappa shape index (κ2) is 10.6. The van der Waals surface area contributed by atoms with E-state index in [-0.39, 0.29) is 11.5 Å². The molecule has 1 aliphatic rings. The Labute approximate surface area is 213 Å². The highest BCUT2D eigenvalue weighted by Crippen LogP contribution is 2.32. The number of fused-ring (bicyclic) bond motifs is 1. The smallest absolute Gasteiger partial charge is 0.271 e. The number of hydrogen-bond acceptors (Lipinski definition) is 5. The molecule has 6 nitrogen and oxygen atoms in total. The van der Waals surface area contributed by atoms with Crippen LogP contribution in [0.25, 0.3) is 6.08 Å². The Balaban J connectivity index is 1.95. The molecule has 0 saturated carbocycles. The Morgan fingerprint density at radius 3 is 2.49 bits per heavy atom.